The van der Waals surface area contributed by atoms with Gasteiger partial charge in [-0.25, -0.2) is 0 Å². The Morgan fingerprint density at radius 1 is 1.26 bits per heavy atom. The van der Waals surface area contributed by atoms with Gasteiger partial charge in [-0.15, -0.1) is 5.10 Å². The molecule has 2 aromatic rings. The minimum absolute atomic E-state index is 0.470. The molecule has 0 unspecified atom stereocenters. The Balaban J connectivity index is 1.99. The zero-order valence-corrected chi connectivity index (χ0v) is 11.4. The number of halogens is 2. The number of rotatable bonds is 4. The van der Waals surface area contributed by atoms with E-state index in [0.717, 1.165) is 5.56 Å². The highest BCUT2D eigenvalue weighted by Crippen LogP contribution is 2.21. The number of benzene rings is 1. The Bertz CT molecular complexity index is 622. The fourth-order valence-electron chi connectivity index (χ4n) is 1.59. The largest absolute Gasteiger partial charge is 0.367 e. The van der Waals surface area contributed by atoms with Gasteiger partial charge in [0.2, 0.25) is 0 Å². The number of nitrogens with one attached hydrogen (secondary N) is 1. The first-order valence-corrected chi connectivity index (χ1v) is 6.36. The summed E-state index contributed by atoms with van der Waals surface area (Å²) >= 11 is 11.9. The molecule has 1 aromatic carbocycles. The van der Waals surface area contributed by atoms with E-state index in [9.17, 15) is 0 Å². The number of aromatic nitrogens is 2. The van der Waals surface area contributed by atoms with Crippen LogP contribution in [-0.2, 0) is 6.42 Å². The van der Waals surface area contributed by atoms with Gasteiger partial charge in [0.15, 0.2) is 5.82 Å². The Morgan fingerprint density at radius 2 is 2.11 bits per heavy atom. The molecule has 0 aliphatic rings. The van der Waals surface area contributed by atoms with Gasteiger partial charge in [0.1, 0.15) is 6.07 Å². The van der Waals surface area contributed by atoms with E-state index in [1.165, 1.54) is 6.20 Å². The van der Waals surface area contributed by atoms with Crippen molar-refractivity contribution in [1.29, 1.82) is 5.26 Å². The highest BCUT2D eigenvalue weighted by atomic mass is 35.5. The van der Waals surface area contributed by atoms with Crippen LogP contribution in [0.3, 0.4) is 0 Å². The van der Waals surface area contributed by atoms with Crippen molar-refractivity contribution >= 4 is 29.0 Å². The van der Waals surface area contributed by atoms with E-state index in [2.05, 4.69) is 21.6 Å². The van der Waals surface area contributed by atoms with Gasteiger partial charge in [-0.2, -0.15) is 10.4 Å². The molecule has 0 atom stereocenters. The molecule has 1 aromatic heterocycles. The summed E-state index contributed by atoms with van der Waals surface area (Å²) < 4.78 is 0. The van der Waals surface area contributed by atoms with Crippen molar-refractivity contribution in [3.8, 4) is 6.07 Å². The first kappa shape index (κ1) is 13.6. The second-order valence-electron chi connectivity index (χ2n) is 3.82. The van der Waals surface area contributed by atoms with E-state index in [4.69, 9.17) is 28.5 Å². The zero-order chi connectivity index (χ0) is 13.7. The minimum atomic E-state index is 0.470. The molecule has 6 heteroatoms. The molecule has 2 rings (SSSR count). The Labute approximate surface area is 121 Å². The quantitative estimate of drug-likeness (QED) is 0.939. The van der Waals surface area contributed by atoms with E-state index in [0.29, 0.717) is 34.4 Å². The van der Waals surface area contributed by atoms with Gasteiger partial charge in [-0.1, -0.05) is 29.3 Å². The number of hydrogen-bond donors (Lipinski definition) is 1. The van der Waals surface area contributed by atoms with Crippen LogP contribution >= 0.6 is 23.2 Å². The molecule has 0 spiro atoms. The molecule has 0 saturated carbocycles. The predicted molar refractivity (Wildman–Crippen MR) is 75.4 cm³/mol. The molecule has 0 radical (unpaired) electrons. The Kier molecular flexibility index (Phi) is 4.56. The third kappa shape index (κ3) is 3.57. The summed E-state index contributed by atoms with van der Waals surface area (Å²) in [5.74, 6) is 0.482. The molecule has 0 fully saturated rings. The number of hydrogen-bond acceptors (Lipinski definition) is 4. The van der Waals surface area contributed by atoms with Crippen LogP contribution in [0.25, 0.3) is 0 Å². The van der Waals surface area contributed by atoms with Crippen LogP contribution in [0.5, 0.6) is 0 Å². The average Bonchev–Trinajstić information content (AvgIpc) is 2.42. The van der Waals surface area contributed by atoms with Crippen LogP contribution in [0.1, 0.15) is 11.1 Å². The average molecular weight is 293 g/mol. The van der Waals surface area contributed by atoms with Gasteiger partial charge in [-0.3, -0.25) is 0 Å². The summed E-state index contributed by atoms with van der Waals surface area (Å²) in [7, 11) is 0. The van der Waals surface area contributed by atoms with Crippen molar-refractivity contribution in [2.24, 2.45) is 0 Å². The highest BCUT2D eigenvalue weighted by Gasteiger charge is 2.04. The number of anilines is 1. The maximum absolute atomic E-state index is 8.92. The Morgan fingerprint density at radius 3 is 2.84 bits per heavy atom. The molecule has 1 N–H and O–H groups in total. The van der Waals surface area contributed by atoms with Crippen molar-refractivity contribution in [2.45, 2.75) is 6.42 Å². The van der Waals surface area contributed by atoms with E-state index >= 15 is 0 Å². The summed E-state index contributed by atoms with van der Waals surface area (Å²) in [5.41, 5.74) is 1.46. The molecular formula is C13H10Cl2N4. The molecule has 19 heavy (non-hydrogen) atoms. The van der Waals surface area contributed by atoms with Crippen molar-refractivity contribution in [3.63, 3.8) is 0 Å². The van der Waals surface area contributed by atoms with Crippen LogP contribution in [0, 0.1) is 11.3 Å². The lowest BCUT2D eigenvalue weighted by Gasteiger charge is -2.07. The zero-order valence-electron chi connectivity index (χ0n) is 9.90. The molecule has 1 heterocycles. The maximum Gasteiger partial charge on any atom is 0.166 e. The van der Waals surface area contributed by atoms with Crippen LogP contribution in [0.4, 0.5) is 5.82 Å². The summed E-state index contributed by atoms with van der Waals surface area (Å²) in [6, 6.07) is 9.06. The van der Waals surface area contributed by atoms with Gasteiger partial charge in [0.25, 0.3) is 0 Å². The normalized spacial score (nSPS) is 9.95. The maximum atomic E-state index is 8.92. The summed E-state index contributed by atoms with van der Waals surface area (Å²) in [5, 5.41) is 20.8. The lowest BCUT2D eigenvalue weighted by Crippen LogP contribution is -2.08. The standard InChI is InChI=1S/C13H10Cl2N4/c14-11-2-1-9(12(15)7-11)3-5-17-13-10(8-16)4-6-18-19-13/h1-2,4,6-7H,3,5H2,(H,17,19). The molecule has 96 valence electrons. The van der Waals surface area contributed by atoms with Crippen LogP contribution in [0.15, 0.2) is 30.5 Å². The van der Waals surface area contributed by atoms with Crippen LogP contribution < -0.4 is 5.32 Å². The van der Waals surface area contributed by atoms with Gasteiger partial charge in [0.05, 0.1) is 11.8 Å². The summed E-state index contributed by atoms with van der Waals surface area (Å²) in [6.07, 6.45) is 2.19. The fourth-order valence-corrected chi connectivity index (χ4v) is 2.10. The Hall–Kier alpha value is -1.83. The predicted octanol–water partition coefficient (Wildman–Crippen LogP) is 3.31. The summed E-state index contributed by atoms with van der Waals surface area (Å²) in [6.45, 7) is 0.606. The topological polar surface area (TPSA) is 61.6 Å². The van der Waals surface area contributed by atoms with Crippen molar-refractivity contribution in [1.82, 2.24) is 10.2 Å². The van der Waals surface area contributed by atoms with Crippen LogP contribution in [0.2, 0.25) is 10.0 Å². The third-order valence-corrected chi connectivity index (χ3v) is 3.13. The first-order chi connectivity index (χ1) is 9.20. The van der Waals surface area contributed by atoms with Gasteiger partial charge in [-0.05, 0) is 30.2 Å². The van der Waals surface area contributed by atoms with Crippen molar-refractivity contribution < 1.29 is 0 Å². The first-order valence-electron chi connectivity index (χ1n) is 5.60. The molecule has 4 nitrogen and oxygen atoms in total. The molecule has 0 amide bonds. The molecule has 0 bridgehead atoms. The molecule has 0 saturated heterocycles. The highest BCUT2D eigenvalue weighted by molar-refractivity contribution is 6.35. The number of nitriles is 1. The van der Waals surface area contributed by atoms with E-state index in [1.807, 2.05) is 6.07 Å². The van der Waals surface area contributed by atoms with Crippen LogP contribution in [-0.4, -0.2) is 16.7 Å². The second kappa shape index (κ2) is 6.37. The lowest BCUT2D eigenvalue weighted by molar-refractivity contribution is 0.963. The second-order valence-corrected chi connectivity index (χ2v) is 4.66. The van der Waals surface area contributed by atoms with Gasteiger partial charge in [0, 0.05) is 16.6 Å². The van der Waals surface area contributed by atoms with E-state index in [1.54, 1.807) is 18.2 Å². The number of nitrogens with zero attached hydrogens (tertiary/aromatic N) is 3. The van der Waals surface area contributed by atoms with Gasteiger partial charge < -0.3 is 5.32 Å². The minimum Gasteiger partial charge on any atom is -0.367 e. The fraction of sp³-hybridized carbons (Fsp3) is 0.154. The smallest absolute Gasteiger partial charge is 0.166 e. The van der Waals surface area contributed by atoms with Crippen molar-refractivity contribution in [3.05, 3.63) is 51.6 Å². The molecule has 0 aliphatic carbocycles. The lowest BCUT2D eigenvalue weighted by atomic mass is 10.1. The van der Waals surface area contributed by atoms with Crippen molar-refractivity contribution in [2.75, 3.05) is 11.9 Å². The molecular weight excluding hydrogens is 283 g/mol. The third-order valence-electron chi connectivity index (χ3n) is 2.54. The SMILES string of the molecule is N#Cc1ccnnc1NCCc1ccc(Cl)cc1Cl. The van der Waals surface area contributed by atoms with E-state index in [-0.39, 0.29) is 0 Å². The van der Waals surface area contributed by atoms with Gasteiger partial charge >= 0.3 is 0 Å². The van der Waals surface area contributed by atoms with E-state index < -0.39 is 0 Å². The molecule has 0 aliphatic heterocycles. The summed E-state index contributed by atoms with van der Waals surface area (Å²) in [4.78, 5) is 0. The monoisotopic (exact) mass is 292 g/mol.